The molecule has 0 spiro atoms. The van der Waals surface area contributed by atoms with E-state index < -0.39 is 0 Å². The third-order valence-corrected chi connectivity index (χ3v) is 7.76. The smallest absolute Gasteiger partial charge is 0.322 e. The minimum absolute atomic E-state index is 0.0291. The number of H-pyrrole nitrogens is 1. The fourth-order valence-electron chi connectivity index (χ4n) is 5.53. The van der Waals surface area contributed by atoms with Crippen LogP contribution in [0, 0.1) is 11.3 Å². The number of nitrogens with zero attached hydrogens (tertiary/aromatic N) is 7. The molecule has 1 aliphatic carbocycles. The number of aromatic nitrogens is 6. The van der Waals surface area contributed by atoms with Gasteiger partial charge in [0.05, 0.1) is 29.8 Å². The molecule has 3 aromatic heterocycles. The number of hydrogen-bond donors (Lipinski definition) is 3. The molecule has 0 bridgehead atoms. The van der Waals surface area contributed by atoms with Crippen molar-refractivity contribution in [2.24, 2.45) is 7.05 Å². The summed E-state index contributed by atoms with van der Waals surface area (Å²) in [7, 11) is 1.90. The lowest BCUT2D eigenvalue weighted by molar-refractivity contribution is 0.240. The number of amides is 2. The van der Waals surface area contributed by atoms with Crippen molar-refractivity contribution in [3.63, 3.8) is 0 Å². The number of rotatable bonds is 8. The van der Waals surface area contributed by atoms with Gasteiger partial charge in [0.25, 0.3) is 0 Å². The Labute approximate surface area is 249 Å². The lowest BCUT2D eigenvalue weighted by atomic mass is 9.90. The van der Waals surface area contributed by atoms with Gasteiger partial charge in [-0.05, 0) is 48.9 Å². The number of hydrogen-bond acceptors (Lipinski definition) is 7. The molecule has 5 aromatic rings. The topological polar surface area (TPSA) is 140 Å². The van der Waals surface area contributed by atoms with E-state index in [9.17, 15) is 10.1 Å². The summed E-state index contributed by atoms with van der Waals surface area (Å²) in [5.41, 5.74) is 5.65. The van der Waals surface area contributed by atoms with Gasteiger partial charge in [0, 0.05) is 54.9 Å². The van der Waals surface area contributed by atoms with Crippen molar-refractivity contribution < 1.29 is 4.79 Å². The lowest BCUT2D eigenvalue weighted by Gasteiger charge is -2.37. The van der Waals surface area contributed by atoms with Crippen molar-refractivity contribution in [1.29, 1.82) is 5.26 Å². The van der Waals surface area contributed by atoms with Gasteiger partial charge < -0.3 is 10.6 Å². The number of aromatic amines is 1. The molecule has 2 amide bonds. The average Bonchev–Trinajstić information content (AvgIpc) is 3.74. The molecule has 1 saturated carbocycles. The highest BCUT2D eigenvalue weighted by Gasteiger charge is 2.30. The van der Waals surface area contributed by atoms with Crippen molar-refractivity contribution in [3.8, 4) is 28.5 Å². The minimum atomic E-state index is -0.116. The van der Waals surface area contributed by atoms with Crippen LogP contribution in [0.2, 0.25) is 0 Å². The van der Waals surface area contributed by atoms with Gasteiger partial charge in [0.15, 0.2) is 0 Å². The van der Waals surface area contributed by atoms with E-state index in [4.69, 9.17) is 0 Å². The Morgan fingerprint density at radius 3 is 2.49 bits per heavy atom. The lowest BCUT2D eigenvalue weighted by Crippen LogP contribution is -2.48. The van der Waals surface area contributed by atoms with Crippen LogP contribution in [0.15, 0.2) is 85.6 Å². The quantitative estimate of drug-likeness (QED) is 0.230. The van der Waals surface area contributed by atoms with Crippen LogP contribution >= 0.6 is 0 Å². The normalized spacial score (nSPS) is 16.3. The number of carbonyl (C=O) groups is 1. The summed E-state index contributed by atoms with van der Waals surface area (Å²) in [6, 6.07) is 20.2. The van der Waals surface area contributed by atoms with E-state index >= 15 is 0 Å². The highest BCUT2D eigenvalue weighted by atomic mass is 16.2. The zero-order valence-electron chi connectivity index (χ0n) is 23.8. The fraction of sp³-hybridized carbons (Fsp3) is 0.250. The van der Waals surface area contributed by atoms with Crippen LogP contribution in [-0.4, -0.2) is 48.1 Å². The molecular formula is C32H32N10O. The maximum Gasteiger partial charge on any atom is 0.322 e. The Morgan fingerprint density at radius 2 is 1.81 bits per heavy atom. The molecule has 3 N–H and O–H groups in total. The van der Waals surface area contributed by atoms with Gasteiger partial charge in [0.1, 0.15) is 6.07 Å². The maximum absolute atomic E-state index is 13.7. The van der Waals surface area contributed by atoms with E-state index in [1.54, 1.807) is 17.1 Å². The van der Waals surface area contributed by atoms with Gasteiger partial charge >= 0.3 is 6.03 Å². The largest absolute Gasteiger partial charge is 0.351 e. The third kappa shape index (κ3) is 6.38. The summed E-state index contributed by atoms with van der Waals surface area (Å²) in [6.45, 7) is 0.454. The van der Waals surface area contributed by atoms with Crippen LogP contribution in [-0.2, 0) is 13.6 Å². The van der Waals surface area contributed by atoms with E-state index in [0.717, 1.165) is 53.6 Å². The first-order valence-electron chi connectivity index (χ1n) is 14.3. The second-order valence-corrected chi connectivity index (χ2v) is 10.7. The predicted octanol–water partition coefficient (Wildman–Crippen LogP) is 5.28. The molecule has 0 atom stereocenters. The van der Waals surface area contributed by atoms with Crippen LogP contribution in [0.4, 0.5) is 16.4 Å². The number of urea groups is 1. The SMILES string of the molecule is Cn1cc(-c2ccc(N(C(=O)NCc3ccccc3)[C@H]3CC[C@H](Nc4ncc(C#N)c(-c5cn[nH]c5)n4)CC3)cc2)cn1. The molecule has 216 valence electrons. The zero-order chi connectivity index (χ0) is 29.6. The first-order chi connectivity index (χ1) is 21.1. The molecule has 0 aliphatic heterocycles. The summed E-state index contributed by atoms with van der Waals surface area (Å²) in [4.78, 5) is 24.6. The first-order valence-corrected chi connectivity index (χ1v) is 14.3. The molecule has 0 unspecified atom stereocenters. The van der Waals surface area contributed by atoms with Crippen molar-refractivity contribution in [3.05, 3.63) is 96.7 Å². The van der Waals surface area contributed by atoms with Gasteiger partial charge in [-0.15, -0.1) is 0 Å². The summed E-state index contributed by atoms with van der Waals surface area (Å²) < 4.78 is 1.78. The molecule has 0 radical (unpaired) electrons. The highest BCUT2D eigenvalue weighted by molar-refractivity contribution is 5.93. The Kier molecular flexibility index (Phi) is 8.08. The highest BCUT2D eigenvalue weighted by Crippen LogP contribution is 2.31. The predicted molar refractivity (Wildman–Crippen MR) is 164 cm³/mol. The summed E-state index contributed by atoms with van der Waals surface area (Å²) in [6.07, 6.45) is 12.0. The van der Waals surface area contributed by atoms with E-state index in [0.29, 0.717) is 23.8 Å². The number of benzene rings is 2. The number of nitrogens with one attached hydrogen (secondary N) is 3. The number of nitriles is 1. The monoisotopic (exact) mass is 572 g/mol. The average molecular weight is 573 g/mol. The first kappa shape index (κ1) is 27.7. The van der Waals surface area contributed by atoms with Crippen LogP contribution in [0.3, 0.4) is 0 Å². The molecule has 1 aliphatic rings. The maximum atomic E-state index is 13.7. The van der Waals surface area contributed by atoms with E-state index in [1.165, 1.54) is 6.20 Å². The van der Waals surface area contributed by atoms with Crippen molar-refractivity contribution in [2.45, 2.75) is 44.3 Å². The van der Waals surface area contributed by atoms with Crippen LogP contribution in [0.5, 0.6) is 0 Å². The fourth-order valence-corrected chi connectivity index (χ4v) is 5.53. The molecular weight excluding hydrogens is 540 g/mol. The van der Waals surface area contributed by atoms with Gasteiger partial charge in [-0.3, -0.25) is 14.7 Å². The molecule has 11 nitrogen and oxygen atoms in total. The molecule has 11 heteroatoms. The number of aryl methyl sites for hydroxylation is 1. The van der Waals surface area contributed by atoms with Crippen molar-refractivity contribution >= 4 is 17.7 Å². The Hall–Kier alpha value is -5.50. The zero-order valence-corrected chi connectivity index (χ0v) is 23.8. The summed E-state index contributed by atoms with van der Waals surface area (Å²) in [5.74, 6) is 0.474. The van der Waals surface area contributed by atoms with E-state index in [-0.39, 0.29) is 18.1 Å². The molecule has 2 aromatic carbocycles. The number of anilines is 2. The van der Waals surface area contributed by atoms with E-state index in [1.807, 2.05) is 78.9 Å². The van der Waals surface area contributed by atoms with Crippen molar-refractivity contribution in [1.82, 2.24) is 35.3 Å². The molecule has 0 saturated heterocycles. The van der Waals surface area contributed by atoms with E-state index in [2.05, 4.69) is 42.0 Å². The van der Waals surface area contributed by atoms with Gasteiger partial charge in [-0.1, -0.05) is 42.5 Å². The molecule has 43 heavy (non-hydrogen) atoms. The summed E-state index contributed by atoms with van der Waals surface area (Å²) >= 11 is 0. The van der Waals surface area contributed by atoms with Crippen molar-refractivity contribution in [2.75, 3.05) is 10.2 Å². The Bertz CT molecular complexity index is 1700. The third-order valence-electron chi connectivity index (χ3n) is 7.76. The second-order valence-electron chi connectivity index (χ2n) is 10.7. The van der Waals surface area contributed by atoms with Crippen LogP contribution in [0.25, 0.3) is 22.4 Å². The molecule has 6 rings (SSSR count). The Balaban J connectivity index is 1.16. The number of carbonyl (C=O) groups excluding carboxylic acids is 1. The van der Waals surface area contributed by atoms with Crippen LogP contribution < -0.4 is 15.5 Å². The van der Waals surface area contributed by atoms with Gasteiger partial charge in [0.2, 0.25) is 5.95 Å². The summed E-state index contributed by atoms with van der Waals surface area (Å²) in [5, 5.41) is 27.1. The molecule has 3 heterocycles. The minimum Gasteiger partial charge on any atom is -0.351 e. The molecule has 1 fully saturated rings. The van der Waals surface area contributed by atoms with Crippen LogP contribution in [0.1, 0.15) is 36.8 Å². The van der Waals surface area contributed by atoms with Gasteiger partial charge in [-0.2, -0.15) is 15.5 Å². The van der Waals surface area contributed by atoms with Gasteiger partial charge in [-0.25, -0.2) is 14.8 Å². The standard InChI is InChI=1S/C32H32N10O/c1-41-21-26(20-38-41)23-7-11-28(12-8-23)42(32(43)35-16-22-5-3-2-4-6-22)29-13-9-27(10-14-29)39-31-34-17-24(15-33)30(40-31)25-18-36-37-19-25/h2-8,11-12,17-21,27,29H,9-10,13-14,16H2,1H3,(H,35,43)(H,36,37)(H,34,39,40)/t27-,29-. The second kappa shape index (κ2) is 12.6. The Morgan fingerprint density at radius 1 is 1.02 bits per heavy atom.